The summed E-state index contributed by atoms with van der Waals surface area (Å²) in [5, 5.41) is 5.58. The van der Waals surface area contributed by atoms with Gasteiger partial charge in [0.2, 0.25) is 5.91 Å². The zero-order valence-electron chi connectivity index (χ0n) is 13.5. The van der Waals surface area contributed by atoms with Gasteiger partial charge in [-0.3, -0.25) is 9.59 Å². The van der Waals surface area contributed by atoms with Crippen LogP contribution in [0, 0.1) is 6.92 Å². The lowest BCUT2D eigenvalue weighted by Gasteiger charge is -2.12. The lowest BCUT2D eigenvalue weighted by Crippen LogP contribution is -2.23. The Hall–Kier alpha value is -2.82. The number of ether oxygens (including phenoxy) is 1. The molecule has 2 amide bonds. The monoisotopic (exact) mass is 312 g/mol. The fourth-order valence-electron chi connectivity index (χ4n) is 2.22. The van der Waals surface area contributed by atoms with E-state index in [1.54, 1.807) is 25.3 Å². The summed E-state index contributed by atoms with van der Waals surface area (Å²) in [6, 6.07) is 12.8. The number of amides is 2. The molecule has 0 aromatic heterocycles. The minimum Gasteiger partial charge on any atom is -0.495 e. The van der Waals surface area contributed by atoms with Gasteiger partial charge in [-0.05, 0) is 36.8 Å². The van der Waals surface area contributed by atoms with Gasteiger partial charge in [0, 0.05) is 19.0 Å². The average molecular weight is 312 g/mol. The van der Waals surface area contributed by atoms with Gasteiger partial charge in [-0.15, -0.1) is 0 Å². The number of hydrogen-bond acceptors (Lipinski definition) is 3. The Morgan fingerprint density at radius 1 is 1.13 bits per heavy atom. The molecule has 0 aliphatic heterocycles. The van der Waals surface area contributed by atoms with Gasteiger partial charge in [0.1, 0.15) is 5.75 Å². The van der Waals surface area contributed by atoms with Crippen LogP contribution in [0.25, 0.3) is 0 Å². The van der Waals surface area contributed by atoms with Gasteiger partial charge in [-0.1, -0.05) is 23.8 Å². The van der Waals surface area contributed by atoms with Crippen molar-refractivity contribution in [2.24, 2.45) is 0 Å². The second kappa shape index (κ2) is 7.45. The van der Waals surface area contributed by atoms with Crippen LogP contribution in [-0.2, 0) is 11.3 Å². The molecule has 5 nitrogen and oxygen atoms in total. The van der Waals surface area contributed by atoms with Crippen LogP contribution in [0.3, 0.4) is 0 Å². The molecule has 0 spiro atoms. The lowest BCUT2D eigenvalue weighted by molar-refractivity contribution is -0.114. The van der Waals surface area contributed by atoms with Crippen LogP contribution in [0.15, 0.2) is 42.5 Å². The van der Waals surface area contributed by atoms with E-state index in [1.807, 2.05) is 31.2 Å². The maximum Gasteiger partial charge on any atom is 0.251 e. The second-order valence-electron chi connectivity index (χ2n) is 5.27. The molecular weight excluding hydrogens is 292 g/mol. The molecule has 0 aliphatic carbocycles. The molecule has 2 rings (SSSR count). The average Bonchev–Trinajstić information content (AvgIpc) is 2.52. The van der Waals surface area contributed by atoms with Gasteiger partial charge >= 0.3 is 0 Å². The molecule has 5 heteroatoms. The van der Waals surface area contributed by atoms with E-state index in [-0.39, 0.29) is 11.8 Å². The van der Waals surface area contributed by atoms with Crippen LogP contribution in [0.4, 0.5) is 5.69 Å². The molecule has 23 heavy (non-hydrogen) atoms. The number of anilines is 1. The first kappa shape index (κ1) is 16.5. The largest absolute Gasteiger partial charge is 0.495 e. The topological polar surface area (TPSA) is 67.4 Å². The van der Waals surface area contributed by atoms with Crippen LogP contribution < -0.4 is 15.4 Å². The lowest BCUT2D eigenvalue weighted by atomic mass is 10.1. The molecule has 2 aromatic carbocycles. The van der Waals surface area contributed by atoms with Gasteiger partial charge < -0.3 is 15.4 Å². The van der Waals surface area contributed by atoms with E-state index in [9.17, 15) is 9.59 Å². The fraction of sp³-hybridized carbons (Fsp3) is 0.222. The first-order valence-corrected chi connectivity index (χ1v) is 7.29. The number of aryl methyl sites for hydroxylation is 1. The Morgan fingerprint density at radius 3 is 2.57 bits per heavy atom. The van der Waals surface area contributed by atoms with E-state index >= 15 is 0 Å². The molecule has 2 aromatic rings. The van der Waals surface area contributed by atoms with Crippen molar-refractivity contribution in [3.63, 3.8) is 0 Å². The zero-order valence-corrected chi connectivity index (χ0v) is 13.5. The molecule has 0 atom stereocenters. The Morgan fingerprint density at radius 2 is 1.91 bits per heavy atom. The van der Waals surface area contributed by atoms with Crippen molar-refractivity contribution >= 4 is 17.5 Å². The van der Waals surface area contributed by atoms with Crippen molar-refractivity contribution in [2.45, 2.75) is 20.4 Å². The molecule has 120 valence electrons. The number of hydrogen-bond donors (Lipinski definition) is 2. The summed E-state index contributed by atoms with van der Waals surface area (Å²) in [6.45, 7) is 3.74. The van der Waals surface area contributed by atoms with Crippen molar-refractivity contribution in [1.29, 1.82) is 0 Å². The number of methoxy groups -OCH3 is 1. The first-order chi connectivity index (χ1) is 11.0. The van der Waals surface area contributed by atoms with E-state index in [2.05, 4.69) is 10.6 Å². The molecule has 2 N–H and O–H groups in total. The van der Waals surface area contributed by atoms with Crippen molar-refractivity contribution in [3.8, 4) is 5.75 Å². The maximum atomic E-state index is 12.2. The van der Waals surface area contributed by atoms with Gasteiger partial charge in [0.15, 0.2) is 0 Å². The van der Waals surface area contributed by atoms with Crippen LogP contribution in [0.5, 0.6) is 5.75 Å². The van der Waals surface area contributed by atoms with Gasteiger partial charge in [0.05, 0.1) is 12.8 Å². The highest BCUT2D eigenvalue weighted by atomic mass is 16.5. The number of carbonyl (C=O) groups excluding carboxylic acids is 2. The molecular formula is C18H20N2O3. The van der Waals surface area contributed by atoms with E-state index in [1.165, 1.54) is 6.92 Å². The Labute approximate surface area is 135 Å². The first-order valence-electron chi connectivity index (χ1n) is 7.29. The summed E-state index contributed by atoms with van der Waals surface area (Å²) in [4.78, 5) is 23.4. The van der Waals surface area contributed by atoms with Gasteiger partial charge in [-0.25, -0.2) is 0 Å². The summed E-state index contributed by atoms with van der Waals surface area (Å²) in [6.07, 6.45) is 0. The van der Waals surface area contributed by atoms with E-state index in [0.717, 1.165) is 11.1 Å². The fourth-order valence-corrected chi connectivity index (χ4v) is 2.22. The highest BCUT2D eigenvalue weighted by Gasteiger charge is 2.08. The zero-order chi connectivity index (χ0) is 16.8. The molecule has 0 aliphatic rings. The van der Waals surface area contributed by atoms with E-state index < -0.39 is 0 Å². The maximum absolute atomic E-state index is 12.2. The summed E-state index contributed by atoms with van der Waals surface area (Å²) in [5.74, 6) is 0.267. The third-order valence-electron chi connectivity index (χ3n) is 3.31. The van der Waals surface area contributed by atoms with E-state index in [4.69, 9.17) is 4.74 Å². The van der Waals surface area contributed by atoms with Crippen LogP contribution in [0.1, 0.15) is 28.4 Å². The Balaban J connectivity index is 2.08. The quantitative estimate of drug-likeness (QED) is 0.892. The third kappa shape index (κ3) is 4.57. The summed E-state index contributed by atoms with van der Waals surface area (Å²) in [5.41, 5.74) is 3.12. The smallest absolute Gasteiger partial charge is 0.251 e. The van der Waals surface area contributed by atoms with Crippen LogP contribution >= 0.6 is 0 Å². The number of rotatable bonds is 5. The minimum absolute atomic E-state index is 0.134. The van der Waals surface area contributed by atoms with Crippen molar-refractivity contribution in [1.82, 2.24) is 5.32 Å². The predicted molar refractivity (Wildman–Crippen MR) is 89.6 cm³/mol. The van der Waals surface area contributed by atoms with Crippen molar-refractivity contribution in [2.75, 3.05) is 12.4 Å². The summed E-state index contributed by atoms with van der Waals surface area (Å²) < 4.78 is 5.21. The van der Waals surface area contributed by atoms with Crippen molar-refractivity contribution in [3.05, 3.63) is 59.2 Å². The summed E-state index contributed by atoms with van der Waals surface area (Å²) >= 11 is 0. The predicted octanol–water partition coefficient (Wildman–Crippen LogP) is 2.89. The molecule has 0 saturated heterocycles. The van der Waals surface area contributed by atoms with Crippen LogP contribution in [-0.4, -0.2) is 18.9 Å². The minimum atomic E-state index is -0.177. The standard InChI is InChI=1S/C18H20N2O3/c1-12-5-4-6-15(9-12)18(22)19-11-14-7-8-17(23-3)16(10-14)20-13(2)21/h4-10H,11H2,1-3H3,(H,19,22)(H,20,21). The highest BCUT2D eigenvalue weighted by Crippen LogP contribution is 2.25. The summed E-state index contributed by atoms with van der Waals surface area (Å²) in [7, 11) is 1.54. The molecule has 0 radical (unpaired) electrons. The second-order valence-corrected chi connectivity index (χ2v) is 5.27. The SMILES string of the molecule is COc1ccc(CNC(=O)c2cccc(C)c2)cc1NC(C)=O. The molecule has 0 unspecified atom stereocenters. The highest BCUT2D eigenvalue weighted by molar-refractivity contribution is 5.94. The third-order valence-corrected chi connectivity index (χ3v) is 3.31. The Kier molecular flexibility index (Phi) is 5.36. The van der Waals surface area contributed by atoms with Crippen molar-refractivity contribution < 1.29 is 14.3 Å². The van der Waals surface area contributed by atoms with Crippen LogP contribution in [0.2, 0.25) is 0 Å². The Bertz CT molecular complexity index is 726. The molecule has 0 saturated carbocycles. The number of carbonyl (C=O) groups is 2. The number of benzene rings is 2. The van der Waals surface area contributed by atoms with Gasteiger partial charge in [-0.2, -0.15) is 0 Å². The molecule has 0 heterocycles. The normalized spacial score (nSPS) is 10.0. The molecule has 0 fully saturated rings. The van der Waals surface area contributed by atoms with Gasteiger partial charge in [0.25, 0.3) is 5.91 Å². The molecule has 0 bridgehead atoms. The van der Waals surface area contributed by atoms with E-state index in [0.29, 0.717) is 23.5 Å². The number of nitrogens with one attached hydrogen (secondary N) is 2.